The Morgan fingerprint density at radius 2 is 1.58 bits per heavy atom. The molecule has 0 N–H and O–H groups in total. The van der Waals surface area contributed by atoms with Crippen molar-refractivity contribution in [2.75, 3.05) is 7.11 Å². The van der Waals surface area contributed by atoms with E-state index in [0.29, 0.717) is 0 Å². The number of hydrogen-bond donors (Lipinski definition) is 0. The SMILES string of the molecule is COC(C)c1ccccc1-c1c(-c2ccccc2C)nnn1C(C)(C)C. The number of aromatic nitrogens is 3. The van der Waals surface area contributed by atoms with Gasteiger partial charge in [-0.2, -0.15) is 0 Å². The molecule has 1 atom stereocenters. The summed E-state index contributed by atoms with van der Waals surface area (Å²) >= 11 is 0. The van der Waals surface area contributed by atoms with Crippen LogP contribution in [0.2, 0.25) is 0 Å². The Bertz CT molecular complexity index is 906. The minimum absolute atomic E-state index is 0.0146. The quantitative estimate of drug-likeness (QED) is 0.634. The van der Waals surface area contributed by atoms with Crippen molar-refractivity contribution in [3.63, 3.8) is 0 Å². The van der Waals surface area contributed by atoms with Crippen molar-refractivity contribution in [2.45, 2.75) is 46.3 Å². The monoisotopic (exact) mass is 349 g/mol. The summed E-state index contributed by atoms with van der Waals surface area (Å²) in [5.41, 5.74) is 6.30. The summed E-state index contributed by atoms with van der Waals surface area (Å²) in [7, 11) is 1.74. The largest absolute Gasteiger partial charge is 0.377 e. The first-order valence-corrected chi connectivity index (χ1v) is 8.99. The van der Waals surface area contributed by atoms with Crippen LogP contribution in [-0.2, 0) is 10.3 Å². The van der Waals surface area contributed by atoms with Gasteiger partial charge in [-0.1, -0.05) is 53.7 Å². The van der Waals surface area contributed by atoms with Crippen LogP contribution in [0.25, 0.3) is 22.5 Å². The van der Waals surface area contributed by atoms with Gasteiger partial charge in [0.1, 0.15) is 5.69 Å². The first kappa shape index (κ1) is 18.3. The lowest BCUT2D eigenvalue weighted by Gasteiger charge is -2.24. The van der Waals surface area contributed by atoms with Crippen molar-refractivity contribution in [1.29, 1.82) is 0 Å². The summed E-state index contributed by atoms with van der Waals surface area (Å²) in [6.45, 7) is 10.6. The van der Waals surface area contributed by atoms with Crippen molar-refractivity contribution in [2.24, 2.45) is 0 Å². The van der Waals surface area contributed by atoms with E-state index in [1.54, 1.807) is 7.11 Å². The van der Waals surface area contributed by atoms with Gasteiger partial charge in [-0.05, 0) is 45.7 Å². The normalized spacial score (nSPS) is 13.0. The van der Waals surface area contributed by atoms with Gasteiger partial charge in [0.15, 0.2) is 0 Å². The maximum Gasteiger partial charge on any atom is 0.121 e. The molecule has 2 aromatic carbocycles. The Labute approximate surface area is 155 Å². The Kier molecular flexibility index (Phi) is 4.97. The molecule has 4 nitrogen and oxygen atoms in total. The van der Waals surface area contributed by atoms with Gasteiger partial charge in [0, 0.05) is 18.2 Å². The second kappa shape index (κ2) is 7.04. The molecule has 1 aromatic heterocycles. The van der Waals surface area contributed by atoms with Crippen molar-refractivity contribution in [1.82, 2.24) is 15.0 Å². The van der Waals surface area contributed by atoms with E-state index in [1.165, 1.54) is 5.56 Å². The summed E-state index contributed by atoms with van der Waals surface area (Å²) in [5, 5.41) is 9.12. The number of nitrogens with zero attached hydrogens (tertiary/aromatic N) is 3. The van der Waals surface area contributed by atoms with Crippen LogP contribution in [0, 0.1) is 6.92 Å². The molecular weight excluding hydrogens is 322 g/mol. The van der Waals surface area contributed by atoms with E-state index in [1.807, 2.05) is 22.9 Å². The van der Waals surface area contributed by atoms with Gasteiger partial charge >= 0.3 is 0 Å². The van der Waals surface area contributed by atoms with Crippen LogP contribution in [-0.4, -0.2) is 22.1 Å². The molecule has 0 spiro atoms. The highest BCUT2D eigenvalue weighted by Crippen LogP contribution is 2.38. The van der Waals surface area contributed by atoms with E-state index in [4.69, 9.17) is 4.74 Å². The third kappa shape index (κ3) is 3.29. The summed E-state index contributed by atoms with van der Waals surface area (Å²) in [6, 6.07) is 16.7. The molecule has 4 heteroatoms. The lowest BCUT2D eigenvalue weighted by atomic mass is 9.94. The van der Waals surface area contributed by atoms with Crippen LogP contribution in [0.4, 0.5) is 0 Å². The fraction of sp³-hybridized carbons (Fsp3) is 0.364. The molecule has 0 amide bonds. The standard InChI is InChI=1S/C22H27N3O/c1-15-11-7-8-12-17(15)20-21(25(24-23-20)22(3,4)5)19-14-10-9-13-18(19)16(2)26-6/h7-14,16H,1-6H3. The van der Waals surface area contributed by atoms with Crippen molar-refractivity contribution < 1.29 is 4.74 Å². The van der Waals surface area contributed by atoms with Crippen LogP contribution in [0.15, 0.2) is 48.5 Å². The highest BCUT2D eigenvalue weighted by molar-refractivity contribution is 5.81. The van der Waals surface area contributed by atoms with Crippen molar-refractivity contribution in [3.8, 4) is 22.5 Å². The molecule has 0 aliphatic rings. The first-order chi connectivity index (χ1) is 12.3. The van der Waals surface area contributed by atoms with Crippen molar-refractivity contribution >= 4 is 0 Å². The summed E-state index contributed by atoms with van der Waals surface area (Å²) in [5.74, 6) is 0. The zero-order valence-corrected chi connectivity index (χ0v) is 16.4. The van der Waals surface area contributed by atoms with Crippen LogP contribution < -0.4 is 0 Å². The fourth-order valence-electron chi connectivity index (χ4n) is 3.21. The van der Waals surface area contributed by atoms with E-state index < -0.39 is 0 Å². The topological polar surface area (TPSA) is 39.9 Å². The molecule has 0 radical (unpaired) electrons. The van der Waals surface area contributed by atoms with Gasteiger partial charge in [0.05, 0.1) is 17.3 Å². The number of methoxy groups -OCH3 is 1. The molecule has 0 aliphatic carbocycles. The lowest BCUT2D eigenvalue weighted by molar-refractivity contribution is 0.120. The molecule has 3 aromatic rings. The van der Waals surface area contributed by atoms with Crippen LogP contribution in [0.1, 0.15) is 44.9 Å². The average Bonchev–Trinajstić information content (AvgIpc) is 3.06. The fourth-order valence-corrected chi connectivity index (χ4v) is 3.21. The van der Waals surface area contributed by atoms with Crippen LogP contribution in [0.3, 0.4) is 0 Å². The number of hydrogen-bond acceptors (Lipinski definition) is 3. The van der Waals surface area contributed by atoms with Crippen LogP contribution >= 0.6 is 0 Å². The smallest absolute Gasteiger partial charge is 0.121 e. The third-order valence-corrected chi connectivity index (χ3v) is 4.71. The zero-order valence-electron chi connectivity index (χ0n) is 16.4. The third-order valence-electron chi connectivity index (χ3n) is 4.71. The lowest BCUT2D eigenvalue weighted by Crippen LogP contribution is -2.24. The zero-order chi connectivity index (χ0) is 18.9. The molecule has 0 fully saturated rings. The van der Waals surface area contributed by atoms with Gasteiger partial charge in [-0.25, -0.2) is 4.68 Å². The second-order valence-electron chi connectivity index (χ2n) is 7.65. The molecule has 3 rings (SSSR count). The van der Waals surface area contributed by atoms with Gasteiger partial charge in [-0.15, -0.1) is 5.10 Å². The van der Waals surface area contributed by atoms with Crippen LogP contribution in [0.5, 0.6) is 0 Å². The highest BCUT2D eigenvalue weighted by Gasteiger charge is 2.27. The number of benzene rings is 2. The molecule has 1 unspecified atom stereocenters. The van der Waals surface area contributed by atoms with E-state index in [-0.39, 0.29) is 11.6 Å². The molecule has 136 valence electrons. The minimum Gasteiger partial charge on any atom is -0.377 e. The van der Waals surface area contributed by atoms with E-state index >= 15 is 0 Å². The molecule has 1 heterocycles. The average molecular weight is 349 g/mol. The number of ether oxygens (including phenoxy) is 1. The highest BCUT2D eigenvalue weighted by atomic mass is 16.5. The summed E-state index contributed by atoms with van der Waals surface area (Å²) in [6.07, 6.45) is -0.0146. The summed E-state index contributed by atoms with van der Waals surface area (Å²) in [4.78, 5) is 0. The molecular formula is C22H27N3O. The van der Waals surface area contributed by atoms with E-state index in [2.05, 4.69) is 75.3 Å². The summed E-state index contributed by atoms with van der Waals surface area (Å²) < 4.78 is 7.64. The molecule has 0 aliphatic heterocycles. The van der Waals surface area contributed by atoms with Gasteiger partial charge < -0.3 is 4.74 Å². The Morgan fingerprint density at radius 3 is 2.19 bits per heavy atom. The van der Waals surface area contributed by atoms with Crippen molar-refractivity contribution in [3.05, 3.63) is 59.7 Å². The van der Waals surface area contributed by atoms with Gasteiger partial charge in [-0.3, -0.25) is 0 Å². The Hall–Kier alpha value is -2.46. The maximum absolute atomic E-state index is 5.62. The van der Waals surface area contributed by atoms with E-state index in [0.717, 1.165) is 28.1 Å². The second-order valence-corrected chi connectivity index (χ2v) is 7.65. The number of aryl methyl sites for hydroxylation is 1. The number of rotatable bonds is 4. The minimum atomic E-state index is -0.188. The Morgan fingerprint density at radius 1 is 0.962 bits per heavy atom. The molecule has 0 bridgehead atoms. The molecule has 0 saturated carbocycles. The maximum atomic E-state index is 5.62. The predicted octanol–water partition coefficient (Wildman–Crippen LogP) is 5.38. The Balaban J connectivity index is 2.34. The first-order valence-electron chi connectivity index (χ1n) is 8.99. The molecule has 0 saturated heterocycles. The van der Waals surface area contributed by atoms with E-state index in [9.17, 15) is 0 Å². The molecule has 26 heavy (non-hydrogen) atoms. The van der Waals surface area contributed by atoms with Gasteiger partial charge in [0.25, 0.3) is 0 Å². The predicted molar refractivity (Wildman–Crippen MR) is 106 cm³/mol. The van der Waals surface area contributed by atoms with Gasteiger partial charge in [0.2, 0.25) is 0 Å².